The van der Waals surface area contributed by atoms with E-state index in [1.807, 2.05) is 37.5 Å². The molecule has 0 spiro atoms. The SMILES string of the molecule is CC1CN(C(=O)N2CC(C)OC(C)C2)CC(C)O1. The maximum atomic E-state index is 12.5. The molecule has 0 aliphatic carbocycles. The summed E-state index contributed by atoms with van der Waals surface area (Å²) >= 11 is 0. The van der Waals surface area contributed by atoms with E-state index in [1.54, 1.807) is 0 Å². The normalized spacial score (nSPS) is 37.8. The Morgan fingerprint density at radius 2 is 1.06 bits per heavy atom. The monoisotopic (exact) mass is 256 g/mol. The predicted molar refractivity (Wildman–Crippen MR) is 68.6 cm³/mol. The predicted octanol–water partition coefficient (Wildman–Crippen LogP) is 1.32. The molecule has 18 heavy (non-hydrogen) atoms. The number of ether oxygens (including phenoxy) is 2. The summed E-state index contributed by atoms with van der Waals surface area (Å²) in [5.74, 6) is 0. The van der Waals surface area contributed by atoms with Gasteiger partial charge in [0.1, 0.15) is 0 Å². The summed E-state index contributed by atoms with van der Waals surface area (Å²) in [6.45, 7) is 10.8. The second-order valence-corrected chi connectivity index (χ2v) is 5.61. The van der Waals surface area contributed by atoms with Gasteiger partial charge in [0.2, 0.25) is 0 Å². The van der Waals surface area contributed by atoms with E-state index >= 15 is 0 Å². The number of urea groups is 1. The van der Waals surface area contributed by atoms with E-state index in [1.165, 1.54) is 0 Å². The molecular formula is C13H24N2O3. The van der Waals surface area contributed by atoms with Crippen molar-refractivity contribution < 1.29 is 14.3 Å². The van der Waals surface area contributed by atoms with Crippen LogP contribution >= 0.6 is 0 Å². The molecule has 4 unspecified atom stereocenters. The van der Waals surface area contributed by atoms with Crippen LogP contribution in [0.1, 0.15) is 27.7 Å². The Hall–Kier alpha value is -0.810. The Balaban J connectivity index is 1.97. The molecule has 5 heteroatoms. The lowest BCUT2D eigenvalue weighted by molar-refractivity contribution is -0.0773. The van der Waals surface area contributed by atoms with Crippen molar-refractivity contribution in [3.63, 3.8) is 0 Å². The molecule has 2 rings (SSSR count). The fourth-order valence-electron chi connectivity index (χ4n) is 2.87. The molecule has 5 nitrogen and oxygen atoms in total. The van der Waals surface area contributed by atoms with Gasteiger partial charge in [-0.1, -0.05) is 0 Å². The van der Waals surface area contributed by atoms with Gasteiger partial charge in [-0.2, -0.15) is 0 Å². The van der Waals surface area contributed by atoms with E-state index in [2.05, 4.69) is 0 Å². The van der Waals surface area contributed by atoms with Crippen LogP contribution in [0, 0.1) is 0 Å². The lowest BCUT2D eigenvalue weighted by Crippen LogP contribution is -2.57. The van der Waals surface area contributed by atoms with Gasteiger partial charge in [0.25, 0.3) is 0 Å². The largest absolute Gasteiger partial charge is 0.372 e. The minimum Gasteiger partial charge on any atom is -0.372 e. The lowest BCUT2D eigenvalue weighted by Gasteiger charge is -2.41. The molecule has 0 aromatic rings. The quantitative estimate of drug-likeness (QED) is 0.656. The van der Waals surface area contributed by atoms with Crippen LogP contribution in [0.4, 0.5) is 4.79 Å². The second-order valence-electron chi connectivity index (χ2n) is 5.61. The molecule has 2 aliphatic rings. The number of rotatable bonds is 0. The molecule has 2 saturated heterocycles. The first kappa shape index (κ1) is 13.6. The van der Waals surface area contributed by atoms with Crippen molar-refractivity contribution in [1.82, 2.24) is 9.80 Å². The van der Waals surface area contributed by atoms with Crippen LogP contribution in [-0.2, 0) is 9.47 Å². The fourth-order valence-corrected chi connectivity index (χ4v) is 2.87. The van der Waals surface area contributed by atoms with E-state index in [0.717, 1.165) is 0 Å². The first-order valence-electron chi connectivity index (χ1n) is 6.80. The summed E-state index contributed by atoms with van der Waals surface area (Å²) < 4.78 is 11.3. The zero-order valence-corrected chi connectivity index (χ0v) is 11.8. The van der Waals surface area contributed by atoms with Crippen molar-refractivity contribution in [3.05, 3.63) is 0 Å². The molecule has 2 amide bonds. The van der Waals surface area contributed by atoms with Crippen LogP contribution < -0.4 is 0 Å². The smallest absolute Gasteiger partial charge is 0.320 e. The van der Waals surface area contributed by atoms with Gasteiger partial charge in [0.15, 0.2) is 0 Å². The lowest BCUT2D eigenvalue weighted by atomic mass is 10.2. The molecule has 2 heterocycles. The Bertz CT molecular complexity index is 263. The highest BCUT2D eigenvalue weighted by Gasteiger charge is 2.32. The molecule has 0 bridgehead atoms. The number of carbonyl (C=O) groups is 1. The summed E-state index contributed by atoms with van der Waals surface area (Å²) in [5, 5.41) is 0. The Morgan fingerprint density at radius 1 is 0.778 bits per heavy atom. The van der Waals surface area contributed by atoms with Crippen LogP contribution in [0.15, 0.2) is 0 Å². The third-order valence-electron chi connectivity index (χ3n) is 3.38. The highest BCUT2D eigenvalue weighted by atomic mass is 16.5. The Kier molecular flexibility index (Phi) is 4.12. The van der Waals surface area contributed by atoms with Crippen molar-refractivity contribution in [3.8, 4) is 0 Å². The van der Waals surface area contributed by atoms with Crippen LogP contribution in [-0.4, -0.2) is 66.4 Å². The standard InChI is InChI=1S/C13H24N2O3/c1-9-5-14(6-10(2)17-9)13(16)15-7-11(3)18-12(4)8-15/h9-12H,5-8H2,1-4H3. The summed E-state index contributed by atoms with van der Waals surface area (Å²) in [7, 11) is 0. The number of hydrogen-bond donors (Lipinski definition) is 0. The fraction of sp³-hybridized carbons (Fsp3) is 0.923. The van der Waals surface area contributed by atoms with Crippen LogP contribution in [0.2, 0.25) is 0 Å². The van der Waals surface area contributed by atoms with Gasteiger partial charge in [0, 0.05) is 26.2 Å². The highest BCUT2D eigenvalue weighted by Crippen LogP contribution is 2.16. The maximum Gasteiger partial charge on any atom is 0.320 e. The third-order valence-corrected chi connectivity index (χ3v) is 3.38. The molecule has 104 valence electrons. The average molecular weight is 256 g/mol. The molecule has 0 N–H and O–H groups in total. The highest BCUT2D eigenvalue weighted by molar-refractivity contribution is 5.74. The van der Waals surface area contributed by atoms with Crippen molar-refractivity contribution >= 4 is 6.03 Å². The van der Waals surface area contributed by atoms with Gasteiger partial charge in [0.05, 0.1) is 24.4 Å². The summed E-state index contributed by atoms with van der Waals surface area (Å²) in [6.07, 6.45) is 0.476. The number of carbonyl (C=O) groups excluding carboxylic acids is 1. The zero-order chi connectivity index (χ0) is 13.3. The van der Waals surface area contributed by atoms with Gasteiger partial charge >= 0.3 is 6.03 Å². The molecule has 0 aromatic carbocycles. The minimum atomic E-state index is 0.119. The molecular weight excluding hydrogens is 232 g/mol. The van der Waals surface area contributed by atoms with Gasteiger partial charge in [-0.05, 0) is 27.7 Å². The average Bonchev–Trinajstić information content (AvgIpc) is 2.25. The number of morpholine rings is 2. The molecule has 2 aliphatic heterocycles. The van der Waals surface area contributed by atoms with Crippen molar-refractivity contribution in [2.75, 3.05) is 26.2 Å². The number of nitrogens with zero attached hydrogens (tertiary/aromatic N) is 2. The third kappa shape index (κ3) is 3.14. The molecule has 0 radical (unpaired) electrons. The zero-order valence-electron chi connectivity index (χ0n) is 11.8. The van der Waals surface area contributed by atoms with Gasteiger partial charge < -0.3 is 19.3 Å². The van der Waals surface area contributed by atoms with Crippen molar-refractivity contribution in [1.29, 1.82) is 0 Å². The van der Waals surface area contributed by atoms with Crippen LogP contribution in [0.5, 0.6) is 0 Å². The maximum absolute atomic E-state index is 12.5. The first-order valence-corrected chi connectivity index (χ1v) is 6.80. The van der Waals surface area contributed by atoms with Gasteiger partial charge in [-0.15, -0.1) is 0 Å². The van der Waals surface area contributed by atoms with Crippen LogP contribution in [0.25, 0.3) is 0 Å². The van der Waals surface area contributed by atoms with Gasteiger partial charge in [-0.3, -0.25) is 0 Å². The minimum absolute atomic E-state index is 0.119. The van der Waals surface area contributed by atoms with E-state index < -0.39 is 0 Å². The summed E-state index contributed by atoms with van der Waals surface area (Å²) in [4.78, 5) is 16.3. The van der Waals surface area contributed by atoms with Crippen molar-refractivity contribution in [2.24, 2.45) is 0 Å². The summed E-state index contributed by atoms with van der Waals surface area (Å²) in [6, 6.07) is 0.124. The molecule has 0 aromatic heterocycles. The molecule has 4 atom stereocenters. The van der Waals surface area contributed by atoms with E-state index in [9.17, 15) is 4.79 Å². The molecule has 0 saturated carbocycles. The number of amides is 2. The Morgan fingerprint density at radius 3 is 1.33 bits per heavy atom. The second kappa shape index (κ2) is 5.45. The van der Waals surface area contributed by atoms with E-state index in [4.69, 9.17) is 9.47 Å². The van der Waals surface area contributed by atoms with Crippen molar-refractivity contribution in [2.45, 2.75) is 52.1 Å². The number of hydrogen-bond acceptors (Lipinski definition) is 3. The Labute approximate surface area is 109 Å². The topological polar surface area (TPSA) is 42.0 Å². The van der Waals surface area contributed by atoms with E-state index in [-0.39, 0.29) is 30.4 Å². The molecule has 2 fully saturated rings. The first-order chi connectivity index (χ1) is 8.45. The summed E-state index contributed by atoms with van der Waals surface area (Å²) in [5.41, 5.74) is 0. The van der Waals surface area contributed by atoms with Gasteiger partial charge in [-0.25, -0.2) is 4.79 Å². The van der Waals surface area contributed by atoms with Crippen LogP contribution in [0.3, 0.4) is 0 Å². The van der Waals surface area contributed by atoms with E-state index in [0.29, 0.717) is 26.2 Å².